The average molecular weight is 269 g/mol. The van der Waals surface area contributed by atoms with E-state index in [0.717, 1.165) is 6.42 Å². The number of aryl methyl sites for hydroxylation is 2. The van der Waals surface area contributed by atoms with Crippen molar-refractivity contribution in [2.24, 2.45) is 7.05 Å². The van der Waals surface area contributed by atoms with Crippen molar-refractivity contribution in [3.8, 4) is 0 Å². The molecule has 8 nitrogen and oxygen atoms in total. The highest BCUT2D eigenvalue weighted by Gasteiger charge is 2.23. The lowest BCUT2D eigenvalue weighted by molar-refractivity contribution is -0.384. The summed E-state index contributed by atoms with van der Waals surface area (Å²) in [5.74, 6) is 0.252. The molecule has 1 aromatic heterocycles. The van der Waals surface area contributed by atoms with Gasteiger partial charge in [0.05, 0.1) is 4.92 Å². The maximum absolute atomic E-state index is 11.4. The first-order valence-corrected chi connectivity index (χ1v) is 6.16. The minimum atomic E-state index is -0.470. The van der Waals surface area contributed by atoms with Gasteiger partial charge in [0, 0.05) is 26.6 Å². The zero-order valence-electron chi connectivity index (χ0n) is 11.4. The number of rotatable bonds is 7. The summed E-state index contributed by atoms with van der Waals surface area (Å²) in [6, 6.07) is 0. The molecule has 0 fully saturated rings. The highest BCUT2D eigenvalue weighted by molar-refractivity contribution is 5.76. The van der Waals surface area contributed by atoms with Crippen LogP contribution in [0.4, 0.5) is 11.5 Å². The largest absolute Gasteiger partial charge is 0.364 e. The quantitative estimate of drug-likeness (QED) is 0.567. The lowest BCUT2D eigenvalue weighted by Crippen LogP contribution is -2.26. The Morgan fingerprint density at radius 2 is 2.16 bits per heavy atom. The maximum Gasteiger partial charge on any atom is 0.333 e. The molecule has 1 heterocycles. The summed E-state index contributed by atoms with van der Waals surface area (Å²) in [6.45, 7) is 4.52. The summed E-state index contributed by atoms with van der Waals surface area (Å²) >= 11 is 0. The zero-order valence-corrected chi connectivity index (χ0v) is 11.4. The fraction of sp³-hybridized carbons (Fsp3) is 0.636. The normalized spacial score (nSPS) is 10.3. The Bertz CT molecular complexity index is 469. The van der Waals surface area contributed by atoms with Crippen LogP contribution in [0.1, 0.15) is 25.5 Å². The lowest BCUT2D eigenvalue weighted by Gasteiger charge is -2.06. The van der Waals surface area contributed by atoms with Gasteiger partial charge in [0.25, 0.3) is 0 Å². The van der Waals surface area contributed by atoms with Crippen molar-refractivity contribution in [1.29, 1.82) is 0 Å². The number of hydrogen-bond donors (Lipinski definition) is 2. The summed E-state index contributed by atoms with van der Waals surface area (Å²) < 4.78 is 1.41. The SMILES string of the molecule is CCCNC(=O)CCNc1c([N+](=O)[O-])c(C)nn1C. The molecule has 0 aromatic carbocycles. The predicted octanol–water partition coefficient (Wildman–Crippen LogP) is 0.965. The molecular weight excluding hydrogens is 250 g/mol. The van der Waals surface area contributed by atoms with Crippen LogP contribution in [0.2, 0.25) is 0 Å². The summed E-state index contributed by atoms with van der Waals surface area (Å²) in [6.07, 6.45) is 1.15. The van der Waals surface area contributed by atoms with Crippen molar-refractivity contribution in [2.75, 3.05) is 18.4 Å². The van der Waals surface area contributed by atoms with Crippen molar-refractivity contribution < 1.29 is 9.72 Å². The standard InChI is InChI=1S/C11H19N5O3/c1-4-6-12-9(17)5-7-13-11-10(16(18)19)8(2)14-15(11)3/h13H,4-7H2,1-3H3,(H,12,17). The number of nitro groups is 1. The van der Waals surface area contributed by atoms with Crippen LogP contribution in [0.15, 0.2) is 0 Å². The zero-order chi connectivity index (χ0) is 14.4. The third-order valence-corrected chi connectivity index (χ3v) is 2.59. The third-order valence-electron chi connectivity index (χ3n) is 2.59. The smallest absolute Gasteiger partial charge is 0.333 e. The van der Waals surface area contributed by atoms with Gasteiger partial charge in [-0.1, -0.05) is 6.92 Å². The fourth-order valence-corrected chi connectivity index (χ4v) is 1.71. The molecule has 0 radical (unpaired) electrons. The van der Waals surface area contributed by atoms with Gasteiger partial charge in [-0.2, -0.15) is 5.10 Å². The van der Waals surface area contributed by atoms with E-state index in [-0.39, 0.29) is 18.0 Å². The van der Waals surface area contributed by atoms with E-state index in [1.165, 1.54) is 4.68 Å². The highest BCUT2D eigenvalue weighted by Crippen LogP contribution is 2.26. The molecule has 1 rings (SSSR count). The molecule has 0 aliphatic heterocycles. The van der Waals surface area contributed by atoms with E-state index in [1.54, 1.807) is 14.0 Å². The van der Waals surface area contributed by atoms with Gasteiger partial charge in [0.15, 0.2) is 0 Å². The van der Waals surface area contributed by atoms with E-state index < -0.39 is 4.92 Å². The first kappa shape index (κ1) is 14.9. The van der Waals surface area contributed by atoms with Gasteiger partial charge in [0.2, 0.25) is 11.7 Å². The molecule has 2 N–H and O–H groups in total. The van der Waals surface area contributed by atoms with Crippen LogP contribution in [-0.2, 0) is 11.8 Å². The highest BCUT2D eigenvalue weighted by atomic mass is 16.6. The van der Waals surface area contributed by atoms with Crippen LogP contribution in [-0.4, -0.2) is 33.7 Å². The van der Waals surface area contributed by atoms with Crippen LogP contribution >= 0.6 is 0 Å². The number of carbonyl (C=O) groups is 1. The summed E-state index contributed by atoms with van der Waals surface area (Å²) in [5, 5.41) is 20.5. The number of amides is 1. The van der Waals surface area contributed by atoms with E-state index in [1.807, 2.05) is 6.92 Å². The van der Waals surface area contributed by atoms with Gasteiger partial charge in [-0.3, -0.25) is 14.9 Å². The molecule has 0 aliphatic carbocycles. The molecule has 106 valence electrons. The van der Waals surface area contributed by atoms with Crippen molar-refractivity contribution in [3.05, 3.63) is 15.8 Å². The fourth-order valence-electron chi connectivity index (χ4n) is 1.71. The van der Waals surface area contributed by atoms with Gasteiger partial charge >= 0.3 is 5.69 Å². The number of nitrogens with one attached hydrogen (secondary N) is 2. The topological polar surface area (TPSA) is 102 Å². The molecule has 19 heavy (non-hydrogen) atoms. The Hall–Kier alpha value is -2.12. The molecule has 0 unspecified atom stereocenters. The van der Waals surface area contributed by atoms with E-state index in [0.29, 0.717) is 24.6 Å². The third kappa shape index (κ3) is 3.94. The van der Waals surface area contributed by atoms with E-state index >= 15 is 0 Å². The Morgan fingerprint density at radius 1 is 1.47 bits per heavy atom. The molecule has 0 saturated carbocycles. The van der Waals surface area contributed by atoms with Crippen molar-refractivity contribution in [1.82, 2.24) is 15.1 Å². The molecule has 0 saturated heterocycles. The molecule has 0 spiro atoms. The van der Waals surface area contributed by atoms with Crippen molar-refractivity contribution in [3.63, 3.8) is 0 Å². The lowest BCUT2D eigenvalue weighted by atomic mass is 10.3. The van der Waals surface area contributed by atoms with Crippen molar-refractivity contribution in [2.45, 2.75) is 26.7 Å². The van der Waals surface area contributed by atoms with Crippen LogP contribution in [0.3, 0.4) is 0 Å². The van der Waals surface area contributed by atoms with Crippen LogP contribution in [0.5, 0.6) is 0 Å². The van der Waals surface area contributed by atoms with Gasteiger partial charge in [-0.15, -0.1) is 0 Å². The molecule has 8 heteroatoms. The number of nitrogens with zero attached hydrogens (tertiary/aromatic N) is 3. The van der Waals surface area contributed by atoms with Crippen molar-refractivity contribution >= 4 is 17.4 Å². The molecular formula is C11H19N5O3. The number of anilines is 1. The second-order valence-electron chi connectivity index (χ2n) is 4.19. The number of aromatic nitrogens is 2. The summed E-state index contributed by atoms with van der Waals surface area (Å²) in [4.78, 5) is 21.9. The predicted molar refractivity (Wildman–Crippen MR) is 71.0 cm³/mol. The minimum Gasteiger partial charge on any atom is -0.364 e. The Balaban J connectivity index is 2.58. The van der Waals surface area contributed by atoms with E-state index in [9.17, 15) is 14.9 Å². The first-order valence-electron chi connectivity index (χ1n) is 6.16. The van der Waals surface area contributed by atoms with Gasteiger partial charge in [0.1, 0.15) is 5.69 Å². The average Bonchev–Trinajstić information content (AvgIpc) is 2.61. The summed E-state index contributed by atoms with van der Waals surface area (Å²) in [7, 11) is 1.62. The monoisotopic (exact) mass is 269 g/mol. The van der Waals surface area contributed by atoms with Gasteiger partial charge in [-0.05, 0) is 13.3 Å². The van der Waals surface area contributed by atoms with Crippen LogP contribution in [0.25, 0.3) is 0 Å². The molecule has 0 atom stereocenters. The molecule has 0 bridgehead atoms. The first-order chi connectivity index (χ1) is 8.97. The van der Waals surface area contributed by atoms with Crippen LogP contribution in [0, 0.1) is 17.0 Å². The maximum atomic E-state index is 11.4. The van der Waals surface area contributed by atoms with E-state index in [2.05, 4.69) is 15.7 Å². The molecule has 0 aliphatic rings. The second-order valence-corrected chi connectivity index (χ2v) is 4.19. The summed E-state index contributed by atoms with van der Waals surface area (Å²) in [5.41, 5.74) is 0.307. The number of hydrogen-bond acceptors (Lipinski definition) is 5. The Labute approximate surface area is 111 Å². The molecule has 1 aromatic rings. The Morgan fingerprint density at radius 3 is 2.74 bits per heavy atom. The Kier molecular flexibility index (Phi) is 5.28. The van der Waals surface area contributed by atoms with Gasteiger partial charge in [-0.25, -0.2) is 4.68 Å². The van der Waals surface area contributed by atoms with Gasteiger partial charge < -0.3 is 10.6 Å². The van der Waals surface area contributed by atoms with Crippen LogP contribution < -0.4 is 10.6 Å². The number of carbonyl (C=O) groups excluding carboxylic acids is 1. The second kappa shape index (κ2) is 6.72. The molecule has 1 amide bonds. The van der Waals surface area contributed by atoms with E-state index in [4.69, 9.17) is 0 Å². The minimum absolute atomic E-state index is 0.0449.